The summed E-state index contributed by atoms with van der Waals surface area (Å²) in [5.41, 5.74) is 2.55. The van der Waals surface area contributed by atoms with Crippen LogP contribution in [0, 0.1) is 0 Å². The molecule has 0 bridgehead atoms. The highest BCUT2D eigenvalue weighted by atomic mass is 16.5. The van der Waals surface area contributed by atoms with Gasteiger partial charge < -0.3 is 19.9 Å². The molecule has 1 aliphatic heterocycles. The Hall–Kier alpha value is -3.09. The molecule has 0 atom stereocenters. The normalized spacial score (nSPS) is 13.9. The average molecular weight is 382 g/mol. The van der Waals surface area contributed by atoms with Crippen molar-refractivity contribution in [3.8, 4) is 5.75 Å². The molecule has 0 radical (unpaired) electrons. The SMILES string of the molecule is COc1cccc(CCNC(=O)c2cncc(N3CCN(C(C)=O)CC3)c2)c1. The lowest BCUT2D eigenvalue weighted by atomic mass is 10.1. The number of methoxy groups -OCH3 is 1. The number of aromatic nitrogens is 1. The molecule has 0 saturated carbocycles. The molecule has 3 rings (SSSR count). The van der Waals surface area contributed by atoms with E-state index in [4.69, 9.17) is 4.74 Å². The highest BCUT2D eigenvalue weighted by Gasteiger charge is 2.19. The minimum atomic E-state index is -0.139. The predicted octanol–water partition coefficient (Wildman–Crippen LogP) is 1.73. The fraction of sp³-hybridized carbons (Fsp3) is 0.381. The Morgan fingerprint density at radius 1 is 1.14 bits per heavy atom. The molecule has 2 heterocycles. The van der Waals surface area contributed by atoms with E-state index in [-0.39, 0.29) is 11.8 Å². The highest BCUT2D eigenvalue weighted by Crippen LogP contribution is 2.17. The molecule has 1 aliphatic rings. The number of anilines is 1. The molecule has 1 saturated heterocycles. The quantitative estimate of drug-likeness (QED) is 0.824. The molecule has 0 unspecified atom stereocenters. The van der Waals surface area contributed by atoms with E-state index < -0.39 is 0 Å². The van der Waals surface area contributed by atoms with Crippen LogP contribution in [0.1, 0.15) is 22.8 Å². The number of piperazine rings is 1. The van der Waals surface area contributed by atoms with Gasteiger partial charge in [-0.2, -0.15) is 0 Å². The van der Waals surface area contributed by atoms with Gasteiger partial charge in [-0.1, -0.05) is 12.1 Å². The number of carbonyl (C=O) groups is 2. The van der Waals surface area contributed by atoms with Crippen LogP contribution in [0.3, 0.4) is 0 Å². The van der Waals surface area contributed by atoms with Gasteiger partial charge in [-0.05, 0) is 30.2 Å². The fourth-order valence-electron chi connectivity index (χ4n) is 3.25. The van der Waals surface area contributed by atoms with Gasteiger partial charge >= 0.3 is 0 Å². The molecule has 28 heavy (non-hydrogen) atoms. The minimum Gasteiger partial charge on any atom is -0.497 e. The topological polar surface area (TPSA) is 74.8 Å². The first-order valence-electron chi connectivity index (χ1n) is 9.43. The van der Waals surface area contributed by atoms with Gasteiger partial charge in [0.15, 0.2) is 0 Å². The van der Waals surface area contributed by atoms with Gasteiger partial charge in [-0.15, -0.1) is 0 Å². The second-order valence-corrected chi connectivity index (χ2v) is 6.78. The maximum atomic E-state index is 12.5. The van der Waals surface area contributed by atoms with Crippen LogP contribution in [0.5, 0.6) is 5.75 Å². The maximum Gasteiger partial charge on any atom is 0.252 e. The van der Waals surface area contributed by atoms with E-state index >= 15 is 0 Å². The Bertz CT molecular complexity index is 832. The van der Waals surface area contributed by atoms with Gasteiger partial charge in [0, 0.05) is 45.8 Å². The second kappa shape index (κ2) is 9.21. The number of nitrogens with zero attached hydrogens (tertiary/aromatic N) is 3. The smallest absolute Gasteiger partial charge is 0.252 e. The zero-order valence-electron chi connectivity index (χ0n) is 16.4. The van der Waals surface area contributed by atoms with Crippen LogP contribution in [-0.2, 0) is 11.2 Å². The number of rotatable bonds is 6. The van der Waals surface area contributed by atoms with E-state index in [9.17, 15) is 9.59 Å². The monoisotopic (exact) mass is 382 g/mol. The first-order chi connectivity index (χ1) is 13.6. The molecule has 148 valence electrons. The predicted molar refractivity (Wildman–Crippen MR) is 108 cm³/mol. The van der Waals surface area contributed by atoms with Crippen LogP contribution in [0.4, 0.5) is 5.69 Å². The zero-order valence-corrected chi connectivity index (χ0v) is 16.4. The summed E-state index contributed by atoms with van der Waals surface area (Å²) >= 11 is 0. The molecule has 2 amide bonds. The van der Waals surface area contributed by atoms with Crippen molar-refractivity contribution in [2.75, 3.05) is 44.7 Å². The van der Waals surface area contributed by atoms with Gasteiger partial charge in [0.2, 0.25) is 5.91 Å². The summed E-state index contributed by atoms with van der Waals surface area (Å²) in [4.78, 5) is 32.2. The molecule has 0 aliphatic carbocycles. The molecule has 1 N–H and O–H groups in total. The number of amides is 2. The van der Waals surface area contributed by atoms with Crippen LogP contribution in [0.25, 0.3) is 0 Å². The minimum absolute atomic E-state index is 0.0990. The molecule has 1 aromatic heterocycles. The Kier molecular flexibility index (Phi) is 6.47. The fourth-order valence-corrected chi connectivity index (χ4v) is 3.25. The summed E-state index contributed by atoms with van der Waals surface area (Å²) in [5, 5.41) is 2.95. The third-order valence-electron chi connectivity index (χ3n) is 4.91. The Labute approximate surface area is 165 Å². The average Bonchev–Trinajstić information content (AvgIpc) is 2.74. The molecule has 0 spiro atoms. The maximum absolute atomic E-state index is 12.5. The lowest BCUT2D eigenvalue weighted by Gasteiger charge is -2.35. The molecule has 7 nitrogen and oxygen atoms in total. The van der Waals surface area contributed by atoms with Gasteiger partial charge in [0.05, 0.1) is 24.6 Å². The first kappa shape index (κ1) is 19.7. The zero-order chi connectivity index (χ0) is 19.9. The Morgan fingerprint density at radius 3 is 2.64 bits per heavy atom. The molecule has 1 fully saturated rings. The summed E-state index contributed by atoms with van der Waals surface area (Å²) in [5.74, 6) is 0.771. The van der Waals surface area contributed by atoms with Crippen molar-refractivity contribution < 1.29 is 14.3 Å². The number of benzene rings is 1. The Balaban J connectivity index is 1.54. The molecular formula is C21H26N4O3. The third kappa shape index (κ3) is 5.00. The molecule has 1 aromatic carbocycles. The number of nitrogens with one attached hydrogen (secondary N) is 1. The van der Waals surface area contributed by atoms with Crippen LogP contribution in [-0.4, -0.2) is 61.5 Å². The highest BCUT2D eigenvalue weighted by molar-refractivity contribution is 5.94. The Morgan fingerprint density at radius 2 is 1.93 bits per heavy atom. The number of carbonyl (C=O) groups excluding carboxylic acids is 2. The van der Waals surface area contributed by atoms with E-state index in [0.29, 0.717) is 25.2 Å². The molecular weight excluding hydrogens is 356 g/mol. The second-order valence-electron chi connectivity index (χ2n) is 6.78. The molecule has 7 heteroatoms. The lowest BCUT2D eigenvalue weighted by molar-refractivity contribution is -0.129. The largest absolute Gasteiger partial charge is 0.497 e. The van der Waals surface area contributed by atoms with Crippen LogP contribution in [0.15, 0.2) is 42.7 Å². The van der Waals surface area contributed by atoms with Crippen molar-refractivity contribution in [2.45, 2.75) is 13.3 Å². The van der Waals surface area contributed by atoms with Gasteiger partial charge in [-0.25, -0.2) is 0 Å². The van der Waals surface area contributed by atoms with E-state index in [1.807, 2.05) is 35.2 Å². The van der Waals surface area contributed by atoms with Crippen LogP contribution >= 0.6 is 0 Å². The number of ether oxygens (including phenoxy) is 1. The first-order valence-corrected chi connectivity index (χ1v) is 9.43. The lowest BCUT2D eigenvalue weighted by Crippen LogP contribution is -2.48. The van der Waals surface area contributed by atoms with Gasteiger partial charge in [0.25, 0.3) is 5.91 Å². The van der Waals surface area contributed by atoms with E-state index in [0.717, 1.165) is 36.5 Å². The van der Waals surface area contributed by atoms with Crippen molar-refractivity contribution in [3.05, 3.63) is 53.9 Å². The van der Waals surface area contributed by atoms with Crippen molar-refractivity contribution in [1.82, 2.24) is 15.2 Å². The standard InChI is InChI=1S/C21H26N4O3/c1-16(26)24-8-10-25(11-9-24)19-13-18(14-22-15-19)21(27)23-7-6-17-4-3-5-20(12-17)28-2/h3-5,12-15H,6-11H2,1-2H3,(H,23,27). The van der Waals surface area contributed by atoms with Crippen molar-refractivity contribution >= 4 is 17.5 Å². The van der Waals surface area contributed by atoms with Crippen LogP contribution in [0.2, 0.25) is 0 Å². The summed E-state index contributed by atoms with van der Waals surface area (Å²) in [6, 6.07) is 9.68. The molecule has 2 aromatic rings. The van der Waals surface area contributed by atoms with Gasteiger partial charge in [-0.3, -0.25) is 14.6 Å². The number of pyridine rings is 1. The van der Waals surface area contributed by atoms with Crippen molar-refractivity contribution in [1.29, 1.82) is 0 Å². The number of hydrogen-bond acceptors (Lipinski definition) is 5. The number of hydrogen-bond donors (Lipinski definition) is 1. The summed E-state index contributed by atoms with van der Waals surface area (Å²) in [7, 11) is 1.64. The summed E-state index contributed by atoms with van der Waals surface area (Å²) in [6.07, 6.45) is 4.07. The van der Waals surface area contributed by atoms with Crippen LogP contribution < -0.4 is 15.0 Å². The summed E-state index contributed by atoms with van der Waals surface area (Å²) < 4.78 is 5.22. The van der Waals surface area contributed by atoms with Crippen molar-refractivity contribution in [2.24, 2.45) is 0 Å². The van der Waals surface area contributed by atoms with E-state index in [1.165, 1.54) is 0 Å². The third-order valence-corrected chi connectivity index (χ3v) is 4.91. The van der Waals surface area contributed by atoms with E-state index in [2.05, 4.69) is 15.2 Å². The van der Waals surface area contributed by atoms with Crippen molar-refractivity contribution in [3.63, 3.8) is 0 Å². The van der Waals surface area contributed by atoms with Gasteiger partial charge in [0.1, 0.15) is 5.75 Å². The van der Waals surface area contributed by atoms with E-state index in [1.54, 1.807) is 26.4 Å². The summed E-state index contributed by atoms with van der Waals surface area (Å²) in [6.45, 7) is 4.98.